The summed E-state index contributed by atoms with van der Waals surface area (Å²) in [5.74, 6) is -1.49. The molecule has 6 nitrogen and oxygen atoms in total. The van der Waals surface area contributed by atoms with Gasteiger partial charge >= 0.3 is 21.6 Å². The van der Waals surface area contributed by atoms with E-state index >= 15 is 0 Å². The first-order valence-corrected chi connectivity index (χ1v) is 10.9. The summed E-state index contributed by atoms with van der Waals surface area (Å²) in [5, 5.41) is 0.540. The van der Waals surface area contributed by atoms with Crippen molar-refractivity contribution in [3.05, 3.63) is 41.0 Å². The molecule has 0 aliphatic heterocycles. The minimum atomic E-state index is -6.01. The molecule has 0 aliphatic carbocycles. The van der Waals surface area contributed by atoms with E-state index in [4.69, 9.17) is 9.47 Å². The number of fused-ring (bicyclic) bond motifs is 1. The maximum absolute atomic E-state index is 13.1. The van der Waals surface area contributed by atoms with Gasteiger partial charge in [-0.05, 0) is 52.5 Å². The average Bonchev–Trinajstić information content (AvgIpc) is 2.58. The Labute approximate surface area is 179 Å². The van der Waals surface area contributed by atoms with E-state index in [1.807, 2.05) is 0 Å². The molecule has 31 heavy (non-hydrogen) atoms. The summed E-state index contributed by atoms with van der Waals surface area (Å²) in [4.78, 5) is 12.7. The summed E-state index contributed by atoms with van der Waals surface area (Å²) in [6.07, 6.45) is -1.51. The number of carbonyl (C=O) groups is 1. The van der Waals surface area contributed by atoms with Crippen molar-refractivity contribution in [1.29, 1.82) is 0 Å². The Kier molecular flexibility index (Phi) is 6.97. The van der Waals surface area contributed by atoms with Crippen molar-refractivity contribution < 1.29 is 40.0 Å². The van der Waals surface area contributed by atoms with Gasteiger partial charge in [-0.25, -0.2) is 4.79 Å². The third-order valence-corrected chi connectivity index (χ3v) is 5.16. The fraction of sp³-hybridized carbons (Fsp3) is 0.476. The van der Waals surface area contributed by atoms with Gasteiger partial charge in [0.05, 0.1) is 12.2 Å². The maximum atomic E-state index is 13.1. The van der Waals surface area contributed by atoms with Crippen LogP contribution in [0.1, 0.15) is 50.5 Å². The predicted molar refractivity (Wildman–Crippen MR) is 109 cm³/mol. The van der Waals surface area contributed by atoms with Crippen molar-refractivity contribution in [2.45, 2.75) is 58.8 Å². The molecule has 2 aromatic rings. The lowest BCUT2D eigenvalue weighted by Crippen LogP contribution is -2.31. The zero-order chi connectivity index (χ0) is 23.8. The van der Waals surface area contributed by atoms with Gasteiger partial charge in [-0.3, -0.25) is 0 Å². The van der Waals surface area contributed by atoms with Gasteiger partial charge in [-0.2, -0.15) is 21.6 Å². The molecular weight excluding hydrogens is 437 g/mol. The van der Waals surface area contributed by atoms with E-state index in [0.717, 1.165) is 5.56 Å². The Bertz CT molecular complexity index is 1080. The van der Waals surface area contributed by atoms with Crippen LogP contribution in [0.5, 0.6) is 5.75 Å². The molecule has 0 aromatic heterocycles. The Morgan fingerprint density at radius 1 is 1.10 bits per heavy atom. The lowest BCUT2D eigenvalue weighted by atomic mass is 9.95. The molecule has 0 radical (unpaired) electrons. The van der Waals surface area contributed by atoms with Gasteiger partial charge in [0.1, 0.15) is 0 Å². The molecule has 0 fully saturated rings. The number of halogens is 3. The van der Waals surface area contributed by atoms with Crippen molar-refractivity contribution in [1.82, 2.24) is 0 Å². The highest BCUT2D eigenvalue weighted by Gasteiger charge is 2.49. The molecule has 0 amide bonds. The molecule has 1 atom stereocenters. The number of ether oxygens (including phenoxy) is 2. The Hall–Kier alpha value is -2.33. The summed E-state index contributed by atoms with van der Waals surface area (Å²) < 4.78 is 78.7. The second kappa shape index (κ2) is 8.66. The zero-order valence-corrected chi connectivity index (χ0v) is 18.9. The SMILES string of the molecule is CCOC(=O)C(OC(C)(C)C)c1c(C)cc2cc(C)ccc2c1OS(=O)(=O)C(F)(F)F. The molecule has 0 saturated carbocycles. The molecule has 0 bridgehead atoms. The molecule has 0 N–H and O–H groups in total. The van der Waals surface area contributed by atoms with Crippen LogP contribution in [0.3, 0.4) is 0 Å². The lowest BCUT2D eigenvalue weighted by Gasteiger charge is -2.29. The van der Waals surface area contributed by atoms with Crippen molar-refractivity contribution in [3.63, 3.8) is 0 Å². The van der Waals surface area contributed by atoms with E-state index < -0.39 is 39.1 Å². The summed E-state index contributed by atoms with van der Waals surface area (Å²) in [7, 11) is -6.01. The highest BCUT2D eigenvalue weighted by molar-refractivity contribution is 7.88. The van der Waals surface area contributed by atoms with Crippen molar-refractivity contribution in [3.8, 4) is 5.75 Å². The van der Waals surface area contributed by atoms with Gasteiger partial charge in [-0.1, -0.05) is 29.8 Å². The summed E-state index contributed by atoms with van der Waals surface area (Å²) in [6.45, 7) is 9.80. The number of carbonyl (C=O) groups excluding carboxylic acids is 1. The normalized spacial score (nSPS) is 13.8. The van der Waals surface area contributed by atoms with E-state index in [1.54, 1.807) is 52.8 Å². The number of hydrogen-bond acceptors (Lipinski definition) is 6. The van der Waals surface area contributed by atoms with E-state index in [0.29, 0.717) is 10.9 Å². The van der Waals surface area contributed by atoms with Crippen LogP contribution in [0.2, 0.25) is 0 Å². The van der Waals surface area contributed by atoms with Gasteiger partial charge in [0, 0.05) is 10.9 Å². The van der Waals surface area contributed by atoms with Crippen LogP contribution in [-0.4, -0.2) is 32.1 Å². The van der Waals surface area contributed by atoms with E-state index in [1.165, 1.54) is 13.0 Å². The monoisotopic (exact) mass is 462 g/mol. The summed E-state index contributed by atoms with van der Waals surface area (Å²) >= 11 is 0. The standard InChI is InChI=1S/C21H25F3O6S/c1-7-28-19(25)18(29-20(4,5)6)16-13(3)11-14-10-12(2)8-9-15(14)17(16)30-31(26,27)21(22,23)24/h8-11,18H,7H2,1-6H3. The number of aryl methyl sites for hydroxylation is 2. The van der Waals surface area contributed by atoms with Crippen molar-refractivity contribution in [2.24, 2.45) is 0 Å². The minimum Gasteiger partial charge on any atom is -0.464 e. The van der Waals surface area contributed by atoms with Gasteiger partial charge in [-0.15, -0.1) is 0 Å². The van der Waals surface area contributed by atoms with E-state index in [2.05, 4.69) is 4.18 Å². The molecule has 2 aromatic carbocycles. The molecule has 0 saturated heterocycles. The molecule has 2 rings (SSSR count). The number of hydrogen-bond donors (Lipinski definition) is 0. The maximum Gasteiger partial charge on any atom is 0.534 e. The van der Waals surface area contributed by atoms with E-state index in [9.17, 15) is 26.4 Å². The third-order valence-electron chi connectivity index (χ3n) is 4.20. The Morgan fingerprint density at radius 3 is 2.23 bits per heavy atom. The highest BCUT2D eigenvalue weighted by Crippen LogP contribution is 2.42. The van der Waals surface area contributed by atoms with E-state index in [-0.39, 0.29) is 17.6 Å². The van der Waals surface area contributed by atoms with Crippen molar-refractivity contribution in [2.75, 3.05) is 6.61 Å². The second-order valence-electron chi connectivity index (χ2n) is 8.01. The summed E-state index contributed by atoms with van der Waals surface area (Å²) in [5.41, 5.74) is -5.59. The first-order chi connectivity index (χ1) is 14.1. The van der Waals surface area contributed by atoms with Crippen LogP contribution >= 0.6 is 0 Å². The predicted octanol–water partition coefficient (Wildman–Crippen LogP) is 5.10. The van der Waals surface area contributed by atoms with Crippen LogP contribution < -0.4 is 4.18 Å². The second-order valence-corrected chi connectivity index (χ2v) is 9.54. The third kappa shape index (κ3) is 5.68. The van der Waals surface area contributed by atoms with Gasteiger partial charge in [0.25, 0.3) is 0 Å². The molecular formula is C21H25F3O6S. The molecule has 0 aliphatic rings. The smallest absolute Gasteiger partial charge is 0.464 e. The topological polar surface area (TPSA) is 78.9 Å². The van der Waals surface area contributed by atoms with Gasteiger partial charge in [0.2, 0.25) is 0 Å². The Balaban J connectivity index is 2.89. The van der Waals surface area contributed by atoms with Gasteiger partial charge < -0.3 is 13.7 Å². The van der Waals surface area contributed by atoms with Gasteiger partial charge in [0.15, 0.2) is 11.9 Å². The molecule has 1 unspecified atom stereocenters. The Morgan fingerprint density at radius 2 is 1.71 bits per heavy atom. The van der Waals surface area contributed by atoms with Crippen LogP contribution in [-0.2, 0) is 24.4 Å². The first kappa shape index (κ1) is 24.9. The fourth-order valence-corrected chi connectivity index (χ4v) is 3.51. The number of esters is 1. The molecule has 10 heteroatoms. The van der Waals surface area contributed by atoms with Crippen LogP contribution in [0.4, 0.5) is 13.2 Å². The lowest BCUT2D eigenvalue weighted by molar-refractivity contribution is -0.167. The number of rotatable bonds is 6. The zero-order valence-electron chi connectivity index (χ0n) is 18.1. The quantitative estimate of drug-likeness (QED) is 0.337. The molecule has 0 heterocycles. The van der Waals surface area contributed by atoms with Crippen molar-refractivity contribution >= 4 is 26.9 Å². The molecule has 172 valence electrons. The largest absolute Gasteiger partial charge is 0.534 e. The average molecular weight is 462 g/mol. The first-order valence-electron chi connectivity index (χ1n) is 9.46. The van der Waals surface area contributed by atoms with Crippen LogP contribution in [0.15, 0.2) is 24.3 Å². The number of benzene rings is 2. The van der Waals surface area contributed by atoms with Crippen LogP contribution in [0.25, 0.3) is 10.8 Å². The fourth-order valence-electron chi connectivity index (χ4n) is 3.01. The minimum absolute atomic E-state index is 0.00823. The summed E-state index contributed by atoms with van der Waals surface area (Å²) in [6, 6.07) is 6.33. The van der Waals surface area contributed by atoms with Crippen LogP contribution in [0, 0.1) is 13.8 Å². The molecule has 0 spiro atoms. The number of alkyl halides is 3. The highest BCUT2D eigenvalue weighted by atomic mass is 32.2.